The van der Waals surface area contributed by atoms with Crippen LogP contribution in [0.2, 0.25) is 5.02 Å². The third-order valence-corrected chi connectivity index (χ3v) is 5.35. The van der Waals surface area contributed by atoms with Gasteiger partial charge in [-0.15, -0.1) is 0 Å². The van der Waals surface area contributed by atoms with E-state index in [4.69, 9.17) is 25.5 Å². The zero-order chi connectivity index (χ0) is 22.0. The van der Waals surface area contributed by atoms with Gasteiger partial charge in [0.05, 0.1) is 12.1 Å². The third-order valence-electron chi connectivity index (χ3n) is 5.05. The van der Waals surface area contributed by atoms with Crippen LogP contribution < -0.4 is 20.4 Å². The fourth-order valence-electron chi connectivity index (χ4n) is 3.45. The number of methoxy groups -OCH3 is 1. The Hall–Kier alpha value is -3.45. The summed E-state index contributed by atoms with van der Waals surface area (Å²) in [5, 5.41) is 4.95. The number of rotatable bonds is 7. The Morgan fingerprint density at radius 2 is 2.03 bits per heavy atom. The monoisotopic (exact) mass is 440 g/mol. The number of carbonyl (C=O) groups excluding carboxylic acids is 1. The van der Waals surface area contributed by atoms with Gasteiger partial charge in [-0.1, -0.05) is 11.6 Å². The lowest BCUT2D eigenvalue weighted by Crippen LogP contribution is -2.30. The summed E-state index contributed by atoms with van der Waals surface area (Å²) in [6.07, 6.45) is 2.58. The molecule has 0 spiro atoms. The zero-order valence-corrected chi connectivity index (χ0v) is 17.8. The Morgan fingerprint density at radius 1 is 1.19 bits per heavy atom. The molecule has 2 N–H and O–H groups in total. The highest BCUT2D eigenvalue weighted by Crippen LogP contribution is 2.31. The van der Waals surface area contributed by atoms with Crippen LogP contribution in [0.4, 0.5) is 0 Å². The first-order valence-electron chi connectivity index (χ1n) is 9.72. The van der Waals surface area contributed by atoms with Gasteiger partial charge in [0.1, 0.15) is 17.1 Å². The molecule has 0 saturated carbocycles. The maximum absolute atomic E-state index is 12.2. The van der Waals surface area contributed by atoms with Crippen LogP contribution >= 0.6 is 11.6 Å². The number of H-pyrrole nitrogens is 1. The van der Waals surface area contributed by atoms with Crippen LogP contribution in [0.1, 0.15) is 11.1 Å². The van der Waals surface area contributed by atoms with Crippen molar-refractivity contribution in [3.63, 3.8) is 0 Å². The van der Waals surface area contributed by atoms with Gasteiger partial charge in [0, 0.05) is 41.2 Å². The van der Waals surface area contributed by atoms with Crippen molar-refractivity contribution in [2.75, 3.05) is 20.3 Å². The van der Waals surface area contributed by atoms with E-state index in [1.807, 2.05) is 24.4 Å². The predicted molar refractivity (Wildman–Crippen MR) is 119 cm³/mol. The van der Waals surface area contributed by atoms with E-state index in [-0.39, 0.29) is 18.3 Å². The molecule has 160 valence electrons. The zero-order valence-electron chi connectivity index (χ0n) is 17.1. The van der Waals surface area contributed by atoms with Crippen molar-refractivity contribution in [2.24, 2.45) is 0 Å². The van der Waals surface area contributed by atoms with Crippen LogP contribution in [-0.2, 0) is 11.2 Å². The number of aromatic nitrogens is 1. The molecule has 31 heavy (non-hydrogen) atoms. The minimum atomic E-state index is -0.453. The maximum Gasteiger partial charge on any atom is 0.336 e. The summed E-state index contributed by atoms with van der Waals surface area (Å²) < 4.78 is 16.0. The summed E-state index contributed by atoms with van der Waals surface area (Å²) in [6.45, 7) is 2.04. The molecule has 2 aromatic heterocycles. The number of fused-ring (bicyclic) bond motifs is 2. The minimum absolute atomic E-state index is 0.205. The van der Waals surface area contributed by atoms with Gasteiger partial charge in [0.25, 0.3) is 5.91 Å². The molecule has 0 bridgehead atoms. The SMILES string of the molecule is COc1ccc2[nH]cc(CCNC(=O)COc3cc4oc(=O)cc(C)c4cc3Cl)c2c1. The smallest absolute Gasteiger partial charge is 0.336 e. The Morgan fingerprint density at radius 3 is 2.84 bits per heavy atom. The predicted octanol–water partition coefficient (Wildman–Crippen LogP) is 3.98. The molecular weight excluding hydrogens is 420 g/mol. The number of hydrogen-bond donors (Lipinski definition) is 2. The van der Waals surface area contributed by atoms with E-state index in [2.05, 4.69) is 10.3 Å². The second-order valence-electron chi connectivity index (χ2n) is 7.14. The molecule has 0 saturated heterocycles. The van der Waals surface area contributed by atoms with Crippen LogP contribution in [0.3, 0.4) is 0 Å². The summed E-state index contributed by atoms with van der Waals surface area (Å²) in [4.78, 5) is 27.0. The standard InChI is InChI=1S/C23H21ClN2O5/c1-13-7-23(28)31-20-10-21(18(24)9-16(13)20)30-12-22(27)25-6-5-14-11-26-19-4-3-15(29-2)8-17(14)19/h3-4,7-11,26H,5-6,12H2,1-2H3,(H,25,27). The molecule has 0 radical (unpaired) electrons. The van der Waals surface area contributed by atoms with Gasteiger partial charge < -0.3 is 24.2 Å². The Kier molecular flexibility index (Phi) is 5.86. The molecule has 4 rings (SSSR count). The fraction of sp³-hybridized carbons (Fsp3) is 0.217. The molecule has 7 nitrogen and oxygen atoms in total. The number of ether oxygens (including phenoxy) is 2. The molecule has 0 atom stereocenters. The van der Waals surface area contributed by atoms with E-state index < -0.39 is 5.63 Å². The number of amides is 1. The number of halogens is 1. The molecule has 2 heterocycles. The molecule has 1 amide bonds. The lowest BCUT2D eigenvalue weighted by Gasteiger charge is -2.10. The van der Waals surface area contributed by atoms with E-state index >= 15 is 0 Å². The van der Waals surface area contributed by atoms with Gasteiger partial charge in [-0.2, -0.15) is 0 Å². The summed E-state index contributed by atoms with van der Waals surface area (Å²) in [6, 6.07) is 10.4. The minimum Gasteiger partial charge on any atom is -0.497 e. The van der Waals surface area contributed by atoms with E-state index in [1.165, 1.54) is 12.1 Å². The van der Waals surface area contributed by atoms with Crippen LogP contribution in [0.25, 0.3) is 21.9 Å². The van der Waals surface area contributed by atoms with Gasteiger partial charge >= 0.3 is 5.63 Å². The molecule has 0 aliphatic carbocycles. The molecule has 0 fully saturated rings. The largest absolute Gasteiger partial charge is 0.497 e. The average Bonchev–Trinajstić information content (AvgIpc) is 3.15. The van der Waals surface area contributed by atoms with Gasteiger partial charge in [0.2, 0.25) is 0 Å². The first kappa shape index (κ1) is 20.8. The van der Waals surface area contributed by atoms with Gasteiger partial charge in [-0.3, -0.25) is 4.79 Å². The summed E-state index contributed by atoms with van der Waals surface area (Å²) >= 11 is 6.26. The van der Waals surface area contributed by atoms with E-state index in [0.29, 0.717) is 23.6 Å². The number of aromatic amines is 1. The van der Waals surface area contributed by atoms with Crippen LogP contribution in [0, 0.1) is 6.92 Å². The van der Waals surface area contributed by atoms with Crippen molar-refractivity contribution in [2.45, 2.75) is 13.3 Å². The normalized spacial score (nSPS) is 11.1. The third kappa shape index (κ3) is 4.51. The Bertz CT molecular complexity index is 1330. The van der Waals surface area contributed by atoms with Crippen molar-refractivity contribution < 1.29 is 18.7 Å². The molecular formula is C23H21ClN2O5. The Labute approximate surface area is 182 Å². The molecule has 0 aliphatic rings. The number of aryl methyl sites for hydroxylation is 1. The first-order valence-corrected chi connectivity index (χ1v) is 10.1. The Balaban J connectivity index is 1.36. The second-order valence-corrected chi connectivity index (χ2v) is 7.55. The van der Waals surface area contributed by atoms with Crippen molar-refractivity contribution in [1.82, 2.24) is 10.3 Å². The quantitative estimate of drug-likeness (QED) is 0.424. The first-order chi connectivity index (χ1) is 14.9. The van der Waals surface area contributed by atoms with Crippen molar-refractivity contribution in [3.8, 4) is 11.5 Å². The van der Waals surface area contributed by atoms with Crippen molar-refractivity contribution in [3.05, 3.63) is 69.2 Å². The highest BCUT2D eigenvalue weighted by Gasteiger charge is 2.11. The molecule has 0 aliphatic heterocycles. The number of hydrogen-bond acceptors (Lipinski definition) is 5. The van der Waals surface area contributed by atoms with Gasteiger partial charge in [-0.05, 0) is 48.7 Å². The second kappa shape index (κ2) is 8.73. The molecule has 2 aromatic carbocycles. The van der Waals surface area contributed by atoms with Crippen LogP contribution in [0.5, 0.6) is 11.5 Å². The molecule has 4 aromatic rings. The van der Waals surface area contributed by atoms with Crippen molar-refractivity contribution in [1.29, 1.82) is 0 Å². The van der Waals surface area contributed by atoms with Crippen molar-refractivity contribution >= 4 is 39.4 Å². The average molecular weight is 441 g/mol. The lowest BCUT2D eigenvalue weighted by atomic mass is 10.1. The van der Waals surface area contributed by atoms with E-state index in [9.17, 15) is 9.59 Å². The summed E-state index contributed by atoms with van der Waals surface area (Å²) in [5.74, 6) is 0.783. The lowest BCUT2D eigenvalue weighted by molar-refractivity contribution is -0.123. The summed E-state index contributed by atoms with van der Waals surface area (Å²) in [7, 11) is 1.63. The highest BCUT2D eigenvalue weighted by molar-refractivity contribution is 6.32. The summed E-state index contributed by atoms with van der Waals surface area (Å²) in [5.41, 5.74) is 2.76. The topological polar surface area (TPSA) is 93.6 Å². The number of nitrogens with one attached hydrogen (secondary N) is 2. The van der Waals surface area contributed by atoms with Crippen LogP contribution in [-0.4, -0.2) is 31.2 Å². The fourth-order valence-corrected chi connectivity index (χ4v) is 3.67. The number of carbonyl (C=O) groups is 1. The highest BCUT2D eigenvalue weighted by atomic mass is 35.5. The maximum atomic E-state index is 12.2. The van der Waals surface area contributed by atoms with E-state index in [0.717, 1.165) is 33.2 Å². The van der Waals surface area contributed by atoms with Gasteiger partial charge in [0.15, 0.2) is 6.61 Å². The van der Waals surface area contributed by atoms with Crippen LogP contribution in [0.15, 0.2) is 51.8 Å². The van der Waals surface area contributed by atoms with Gasteiger partial charge in [-0.25, -0.2) is 4.79 Å². The van der Waals surface area contributed by atoms with E-state index in [1.54, 1.807) is 20.1 Å². The molecule has 0 unspecified atom stereocenters. The molecule has 8 heteroatoms. The number of benzene rings is 2.